The molecule has 1 atom stereocenters. The molecule has 0 amide bonds. The summed E-state index contributed by atoms with van der Waals surface area (Å²) >= 11 is 5.76. The van der Waals surface area contributed by atoms with Crippen LogP contribution in [0.4, 0.5) is 8.78 Å². The number of aryl methyl sites for hydroxylation is 2. The van der Waals surface area contributed by atoms with Crippen LogP contribution >= 0.6 is 11.6 Å². The molecule has 0 saturated carbocycles. The first-order valence-electron chi connectivity index (χ1n) is 14.1. The fraction of sp³-hybridized carbons (Fsp3) is 0.367. The second-order valence-corrected chi connectivity index (χ2v) is 11.5. The van der Waals surface area contributed by atoms with Crippen LogP contribution in [0, 0.1) is 25.5 Å². The Morgan fingerprint density at radius 1 is 1.12 bits per heavy atom. The number of nitrogens with zero attached hydrogens (tertiary/aromatic N) is 7. The van der Waals surface area contributed by atoms with E-state index < -0.39 is 11.6 Å². The number of ether oxygens (including phenoxy) is 2. The molecule has 0 radical (unpaired) electrons. The van der Waals surface area contributed by atoms with Gasteiger partial charge in [0.1, 0.15) is 35.4 Å². The molecule has 0 spiro atoms. The molecule has 13 heteroatoms. The lowest BCUT2D eigenvalue weighted by atomic mass is 10.0. The van der Waals surface area contributed by atoms with E-state index in [4.69, 9.17) is 36.0 Å². The molecule has 7 rings (SSSR count). The van der Waals surface area contributed by atoms with Gasteiger partial charge in [-0.2, -0.15) is 5.10 Å². The van der Waals surface area contributed by atoms with Gasteiger partial charge in [0.05, 0.1) is 30.5 Å². The summed E-state index contributed by atoms with van der Waals surface area (Å²) in [6, 6.07) is 6.16. The molecule has 5 aromatic rings. The first kappa shape index (κ1) is 27.8. The maximum atomic E-state index is 14.3. The summed E-state index contributed by atoms with van der Waals surface area (Å²) in [7, 11) is 0. The summed E-state index contributed by atoms with van der Waals surface area (Å²) in [4.78, 5) is 21.2. The zero-order valence-electron chi connectivity index (χ0n) is 23.7. The lowest BCUT2D eigenvalue weighted by Crippen LogP contribution is -2.34. The molecule has 2 aliphatic rings. The summed E-state index contributed by atoms with van der Waals surface area (Å²) in [5, 5.41) is 7.14. The Hall–Kier alpha value is -4.00. The maximum absolute atomic E-state index is 14.3. The molecule has 1 N–H and O–H groups in total. The van der Waals surface area contributed by atoms with Gasteiger partial charge < -0.3 is 14.0 Å². The van der Waals surface area contributed by atoms with Gasteiger partial charge in [0.15, 0.2) is 11.5 Å². The number of rotatable bonds is 8. The lowest BCUT2D eigenvalue weighted by molar-refractivity contribution is -0.0592. The fourth-order valence-electron chi connectivity index (χ4n) is 5.54. The normalized spacial score (nSPS) is 16.8. The third-order valence-electron chi connectivity index (χ3n) is 7.93. The van der Waals surface area contributed by atoms with E-state index in [9.17, 15) is 8.78 Å². The Morgan fingerprint density at radius 2 is 1.93 bits per heavy atom. The van der Waals surface area contributed by atoms with E-state index in [1.54, 1.807) is 6.20 Å². The average molecular weight is 607 g/mol. The number of benzene rings is 1. The van der Waals surface area contributed by atoms with E-state index in [1.165, 1.54) is 0 Å². The third-order valence-corrected chi connectivity index (χ3v) is 8.15. The number of aromatic amines is 1. The van der Waals surface area contributed by atoms with Crippen molar-refractivity contribution in [3.8, 4) is 17.3 Å². The summed E-state index contributed by atoms with van der Waals surface area (Å²) < 4.78 is 42.3. The summed E-state index contributed by atoms with van der Waals surface area (Å²) in [6.45, 7) is 6.89. The highest BCUT2D eigenvalue weighted by atomic mass is 35.5. The highest BCUT2D eigenvalue weighted by Gasteiger charge is 2.26. The van der Waals surface area contributed by atoms with Crippen molar-refractivity contribution in [2.45, 2.75) is 59.0 Å². The molecule has 0 bridgehead atoms. The molecule has 222 valence electrons. The zero-order valence-corrected chi connectivity index (χ0v) is 24.5. The number of halogens is 3. The van der Waals surface area contributed by atoms with E-state index >= 15 is 0 Å². The van der Waals surface area contributed by atoms with Crippen LogP contribution in [0.15, 0.2) is 30.5 Å². The van der Waals surface area contributed by atoms with Gasteiger partial charge in [0, 0.05) is 42.0 Å². The average Bonchev–Trinajstić information content (AvgIpc) is 3.53. The van der Waals surface area contributed by atoms with Crippen molar-refractivity contribution >= 4 is 22.8 Å². The van der Waals surface area contributed by atoms with Crippen LogP contribution in [0.2, 0.25) is 5.02 Å². The second-order valence-electron chi connectivity index (χ2n) is 11.0. The van der Waals surface area contributed by atoms with E-state index in [0.717, 1.165) is 83.3 Å². The monoisotopic (exact) mass is 606 g/mol. The van der Waals surface area contributed by atoms with E-state index in [1.807, 2.05) is 26.0 Å². The third kappa shape index (κ3) is 5.57. The molecule has 2 aliphatic heterocycles. The lowest BCUT2D eigenvalue weighted by Gasteiger charge is -2.30. The maximum Gasteiger partial charge on any atom is 0.216 e. The predicted molar refractivity (Wildman–Crippen MR) is 154 cm³/mol. The van der Waals surface area contributed by atoms with Crippen molar-refractivity contribution in [2.75, 3.05) is 13.2 Å². The molecule has 6 heterocycles. The van der Waals surface area contributed by atoms with Crippen molar-refractivity contribution in [2.24, 2.45) is 0 Å². The smallest absolute Gasteiger partial charge is 0.216 e. The van der Waals surface area contributed by atoms with Crippen molar-refractivity contribution in [1.29, 1.82) is 0 Å². The van der Waals surface area contributed by atoms with Crippen LogP contribution in [-0.4, -0.2) is 58.9 Å². The van der Waals surface area contributed by atoms with Crippen molar-refractivity contribution in [3.05, 3.63) is 81.2 Å². The molecular formula is C30H29ClF2N8O2. The molecule has 0 unspecified atom stereocenters. The summed E-state index contributed by atoms with van der Waals surface area (Å²) in [5.41, 5.74) is 5.00. The first-order chi connectivity index (χ1) is 20.8. The summed E-state index contributed by atoms with van der Waals surface area (Å²) in [5.74, 6) is 1.05. The Bertz CT molecular complexity index is 1810. The van der Waals surface area contributed by atoms with Crippen molar-refractivity contribution in [3.63, 3.8) is 0 Å². The Kier molecular flexibility index (Phi) is 7.28. The van der Waals surface area contributed by atoms with Gasteiger partial charge in [-0.3, -0.25) is 10.00 Å². The van der Waals surface area contributed by atoms with Gasteiger partial charge in [0.25, 0.3) is 0 Å². The first-order valence-corrected chi connectivity index (χ1v) is 14.5. The largest absolute Gasteiger partial charge is 0.472 e. The van der Waals surface area contributed by atoms with Crippen LogP contribution in [0.1, 0.15) is 40.5 Å². The number of hydrogen-bond donors (Lipinski definition) is 1. The van der Waals surface area contributed by atoms with Gasteiger partial charge in [-0.25, -0.2) is 28.7 Å². The molecule has 1 saturated heterocycles. The fourth-order valence-corrected chi connectivity index (χ4v) is 5.73. The van der Waals surface area contributed by atoms with Gasteiger partial charge >= 0.3 is 0 Å². The van der Waals surface area contributed by atoms with E-state index in [-0.39, 0.29) is 23.3 Å². The number of H-pyrrole nitrogens is 1. The molecule has 43 heavy (non-hydrogen) atoms. The predicted octanol–water partition coefficient (Wildman–Crippen LogP) is 5.09. The van der Waals surface area contributed by atoms with Gasteiger partial charge in [-0.15, -0.1) is 0 Å². The van der Waals surface area contributed by atoms with Crippen LogP contribution in [0.5, 0.6) is 5.88 Å². The number of hydrogen-bond acceptors (Lipinski definition) is 8. The van der Waals surface area contributed by atoms with Crippen molar-refractivity contribution in [1.82, 2.24) is 39.6 Å². The van der Waals surface area contributed by atoms with Crippen LogP contribution < -0.4 is 4.74 Å². The van der Waals surface area contributed by atoms with Gasteiger partial charge in [0.2, 0.25) is 5.88 Å². The molecule has 1 aromatic carbocycles. The van der Waals surface area contributed by atoms with Gasteiger partial charge in [-0.05, 0) is 56.5 Å². The van der Waals surface area contributed by atoms with Gasteiger partial charge in [-0.1, -0.05) is 11.6 Å². The molecule has 0 aliphatic carbocycles. The highest BCUT2D eigenvalue weighted by Crippen LogP contribution is 2.29. The Morgan fingerprint density at radius 3 is 2.65 bits per heavy atom. The number of nitrogens with one attached hydrogen (secondary N) is 1. The second kappa shape index (κ2) is 11.3. The zero-order chi connectivity index (χ0) is 29.7. The minimum atomic E-state index is -0.751. The van der Waals surface area contributed by atoms with E-state index in [2.05, 4.69) is 24.6 Å². The SMILES string of the molecule is Cc1nc(-c2cnc3c(c2)nc(CN2CCc4cc(C)c(OCc5c(F)cc(Cl)cc5F)nc4C2)n3C[C@@H]2CCO2)n[nH]1. The van der Waals surface area contributed by atoms with Crippen LogP contribution in [-0.2, 0) is 37.4 Å². The standard InChI is InChI=1S/C30H29ClF2N8O2/c1-16-7-18-3-5-40(13-26(18)37-30(16)43-15-22-23(32)9-20(31)10-24(22)33)14-27-36-25-8-19(28-35-17(2)38-39-28)11-34-29(25)41(27)12-21-4-6-42-21/h7-11,21H,3-6,12-15H2,1-2H3,(H,35,38,39)/t21-/m0/s1. The minimum Gasteiger partial charge on any atom is -0.472 e. The number of aromatic nitrogens is 7. The van der Waals surface area contributed by atoms with Crippen molar-refractivity contribution < 1.29 is 18.3 Å². The quantitative estimate of drug-likeness (QED) is 0.260. The molecule has 1 fully saturated rings. The minimum absolute atomic E-state index is 0.00310. The highest BCUT2D eigenvalue weighted by molar-refractivity contribution is 6.30. The Labute approximate surface area is 251 Å². The molecular weight excluding hydrogens is 578 g/mol. The number of fused-ring (bicyclic) bond motifs is 2. The number of imidazole rings is 1. The number of pyridine rings is 2. The van der Waals surface area contributed by atoms with E-state index in [0.29, 0.717) is 31.3 Å². The topological polar surface area (TPSA) is 107 Å². The Balaban J connectivity index is 1.13. The molecule has 4 aromatic heterocycles. The van der Waals surface area contributed by atoms with Crippen LogP contribution in [0.3, 0.4) is 0 Å². The molecule has 10 nitrogen and oxygen atoms in total. The summed E-state index contributed by atoms with van der Waals surface area (Å²) in [6.07, 6.45) is 3.72. The van der Waals surface area contributed by atoms with Crippen LogP contribution in [0.25, 0.3) is 22.6 Å².